The highest BCUT2D eigenvalue weighted by Gasteiger charge is 2.24. The molecule has 0 bridgehead atoms. The van der Waals surface area contributed by atoms with E-state index in [2.05, 4.69) is 10.5 Å². The summed E-state index contributed by atoms with van der Waals surface area (Å²) in [4.78, 5) is 0. The van der Waals surface area contributed by atoms with Crippen LogP contribution in [0.2, 0.25) is 0 Å². The zero-order valence-electron chi connectivity index (χ0n) is 10.9. The van der Waals surface area contributed by atoms with Crippen LogP contribution in [-0.4, -0.2) is 32.4 Å². The van der Waals surface area contributed by atoms with Gasteiger partial charge in [-0.25, -0.2) is 8.42 Å². The second kappa shape index (κ2) is 5.40. The minimum absolute atomic E-state index is 0.0537. The van der Waals surface area contributed by atoms with E-state index in [0.717, 1.165) is 31.5 Å². The number of piperidine rings is 1. The Morgan fingerprint density at radius 3 is 2.56 bits per heavy atom. The molecule has 1 saturated heterocycles. The maximum atomic E-state index is 12.2. The molecule has 1 aromatic rings. The fraction of sp³-hybridized carbons (Fsp3) is 0.750. The smallest absolute Gasteiger partial charge is 0.154 e. The molecule has 0 aromatic carbocycles. The lowest BCUT2D eigenvalue weighted by Crippen LogP contribution is -2.31. The zero-order valence-corrected chi connectivity index (χ0v) is 11.7. The predicted molar refractivity (Wildman–Crippen MR) is 69.1 cm³/mol. The Kier molecular flexibility index (Phi) is 4.07. The summed E-state index contributed by atoms with van der Waals surface area (Å²) in [5.74, 6) is 1.23. The third-order valence-corrected chi connectivity index (χ3v) is 5.20. The molecule has 1 N–H and O–H groups in total. The average Bonchev–Trinajstić information content (AvgIpc) is 2.61. The van der Waals surface area contributed by atoms with Crippen LogP contribution in [-0.2, 0) is 15.6 Å². The number of nitrogens with one attached hydrogen (secondary N) is 1. The number of aromatic nitrogens is 1. The lowest BCUT2D eigenvalue weighted by Gasteiger charge is -2.22. The SMILES string of the molecule is Cc1noc(C)c1CS(=O)(=O)CC1CCNCC1. The lowest BCUT2D eigenvalue weighted by atomic mass is 10.0. The lowest BCUT2D eigenvalue weighted by molar-refractivity contribution is 0.392. The van der Waals surface area contributed by atoms with E-state index in [9.17, 15) is 8.42 Å². The van der Waals surface area contributed by atoms with Crippen molar-refractivity contribution in [2.24, 2.45) is 5.92 Å². The molecule has 102 valence electrons. The molecule has 0 spiro atoms. The largest absolute Gasteiger partial charge is 0.361 e. The minimum atomic E-state index is -3.08. The highest BCUT2D eigenvalue weighted by molar-refractivity contribution is 7.90. The van der Waals surface area contributed by atoms with Crippen molar-refractivity contribution < 1.29 is 12.9 Å². The van der Waals surface area contributed by atoms with Crippen LogP contribution in [0.25, 0.3) is 0 Å². The molecule has 0 aliphatic carbocycles. The molecule has 1 aromatic heterocycles. The Labute approximate surface area is 108 Å². The van der Waals surface area contributed by atoms with E-state index < -0.39 is 9.84 Å². The van der Waals surface area contributed by atoms with Crippen molar-refractivity contribution in [3.8, 4) is 0 Å². The first-order valence-corrected chi connectivity index (χ1v) is 8.13. The highest BCUT2D eigenvalue weighted by Crippen LogP contribution is 2.20. The first kappa shape index (κ1) is 13.5. The van der Waals surface area contributed by atoms with Crippen LogP contribution in [0.4, 0.5) is 0 Å². The van der Waals surface area contributed by atoms with Crippen molar-refractivity contribution in [1.82, 2.24) is 10.5 Å². The quantitative estimate of drug-likeness (QED) is 0.892. The predicted octanol–water partition coefficient (Wildman–Crippen LogP) is 1.21. The topological polar surface area (TPSA) is 72.2 Å². The summed E-state index contributed by atoms with van der Waals surface area (Å²) in [5.41, 5.74) is 1.41. The Hall–Kier alpha value is -0.880. The normalized spacial score (nSPS) is 18.1. The summed E-state index contributed by atoms with van der Waals surface area (Å²) in [5, 5.41) is 7.04. The summed E-state index contributed by atoms with van der Waals surface area (Å²) < 4.78 is 29.4. The molecule has 1 fully saturated rings. The van der Waals surface area contributed by atoms with Crippen LogP contribution in [0.15, 0.2) is 4.52 Å². The summed E-state index contributed by atoms with van der Waals surface area (Å²) >= 11 is 0. The number of nitrogens with zero attached hydrogens (tertiary/aromatic N) is 1. The number of sulfone groups is 1. The van der Waals surface area contributed by atoms with Crippen LogP contribution >= 0.6 is 0 Å². The van der Waals surface area contributed by atoms with Crippen LogP contribution in [0.1, 0.15) is 29.9 Å². The van der Waals surface area contributed by atoms with Crippen molar-refractivity contribution >= 4 is 9.84 Å². The second-order valence-electron chi connectivity index (χ2n) is 5.05. The van der Waals surface area contributed by atoms with Crippen LogP contribution in [0, 0.1) is 19.8 Å². The molecule has 0 radical (unpaired) electrons. The van der Waals surface area contributed by atoms with Gasteiger partial charge in [0, 0.05) is 5.56 Å². The molecular weight excluding hydrogens is 252 g/mol. The van der Waals surface area contributed by atoms with Crippen molar-refractivity contribution in [3.63, 3.8) is 0 Å². The Balaban J connectivity index is 2.03. The number of aryl methyl sites for hydroxylation is 2. The van der Waals surface area contributed by atoms with Gasteiger partial charge >= 0.3 is 0 Å². The van der Waals surface area contributed by atoms with Gasteiger partial charge in [0.15, 0.2) is 9.84 Å². The van der Waals surface area contributed by atoms with E-state index in [1.807, 2.05) is 0 Å². The number of hydrogen-bond donors (Lipinski definition) is 1. The number of rotatable bonds is 4. The van der Waals surface area contributed by atoms with Crippen LogP contribution < -0.4 is 5.32 Å². The first-order chi connectivity index (χ1) is 8.48. The van der Waals surface area contributed by atoms with E-state index in [4.69, 9.17) is 4.52 Å². The fourth-order valence-corrected chi connectivity index (χ4v) is 4.42. The van der Waals surface area contributed by atoms with Gasteiger partial charge in [0.05, 0.1) is 17.2 Å². The van der Waals surface area contributed by atoms with Gasteiger partial charge in [0.2, 0.25) is 0 Å². The minimum Gasteiger partial charge on any atom is -0.361 e. The molecule has 0 unspecified atom stereocenters. The monoisotopic (exact) mass is 272 g/mol. The van der Waals surface area contributed by atoms with Gasteiger partial charge in [-0.05, 0) is 45.7 Å². The summed E-state index contributed by atoms with van der Waals surface area (Å²) in [6.45, 7) is 5.39. The van der Waals surface area contributed by atoms with E-state index in [-0.39, 0.29) is 17.4 Å². The fourth-order valence-electron chi connectivity index (χ4n) is 2.39. The molecule has 5 nitrogen and oxygen atoms in total. The van der Waals surface area contributed by atoms with Crippen LogP contribution in [0.5, 0.6) is 0 Å². The van der Waals surface area contributed by atoms with E-state index in [0.29, 0.717) is 11.5 Å². The second-order valence-corrected chi connectivity index (χ2v) is 7.16. The van der Waals surface area contributed by atoms with Crippen molar-refractivity contribution in [3.05, 3.63) is 17.0 Å². The van der Waals surface area contributed by atoms with Gasteiger partial charge in [-0.1, -0.05) is 5.16 Å². The highest BCUT2D eigenvalue weighted by atomic mass is 32.2. The molecule has 18 heavy (non-hydrogen) atoms. The van der Waals surface area contributed by atoms with Crippen molar-refractivity contribution in [2.75, 3.05) is 18.8 Å². The Morgan fingerprint density at radius 2 is 2.00 bits per heavy atom. The molecule has 0 atom stereocenters. The Bertz CT molecular complexity index is 482. The maximum absolute atomic E-state index is 12.2. The molecule has 2 rings (SSSR count). The molecule has 2 heterocycles. The van der Waals surface area contributed by atoms with E-state index in [1.54, 1.807) is 13.8 Å². The molecule has 1 aliphatic heterocycles. The summed E-state index contributed by atoms with van der Waals surface area (Å²) in [6, 6.07) is 0. The maximum Gasteiger partial charge on any atom is 0.154 e. The molecule has 1 aliphatic rings. The van der Waals surface area contributed by atoms with Gasteiger partial charge in [-0.2, -0.15) is 0 Å². The van der Waals surface area contributed by atoms with E-state index >= 15 is 0 Å². The third-order valence-electron chi connectivity index (χ3n) is 3.49. The van der Waals surface area contributed by atoms with Crippen LogP contribution in [0.3, 0.4) is 0 Å². The summed E-state index contributed by atoms with van der Waals surface area (Å²) in [6.07, 6.45) is 1.89. The van der Waals surface area contributed by atoms with Crippen molar-refractivity contribution in [1.29, 1.82) is 0 Å². The molecule has 0 amide bonds. The van der Waals surface area contributed by atoms with Gasteiger partial charge < -0.3 is 9.84 Å². The van der Waals surface area contributed by atoms with E-state index in [1.165, 1.54) is 0 Å². The first-order valence-electron chi connectivity index (χ1n) is 6.31. The van der Waals surface area contributed by atoms with Gasteiger partial charge in [-0.3, -0.25) is 0 Å². The summed E-state index contributed by atoms with van der Waals surface area (Å²) in [7, 11) is -3.08. The van der Waals surface area contributed by atoms with Gasteiger partial charge in [-0.15, -0.1) is 0 Å². The molecule has 0 saturated carbocycles. The number of hydrogen-bond acceptors (Lipinski definition) is 5. The molecular formula is C12H20N2O3S. The van der Waals surface area contributed by atoms with Gasteiger partial charge in [0.1, 0.15) is 5.76 Å². The van der Waals surface area contributed by atoms with Gasteiger partial charge in [0.25, 0.3) is 0 Å². The molecule has 6 heteroatoms. The standard InChI is InChI=1S/C12H20N2O3S/c1-9-12(10(2)17-14-9)8-18(15,16)7-11-3-5-13-6-4-11/h11,13H,3-8H2,1-2H3. The average molecular weight is 272 g/mol. The zero-order chi connectivity index (χ0) is 13.2. The Morgan fingerprint density at radius 1 is 1.33 bits per heavy atom. The third kappa shape index (κ3) is 3.32. The van der Waals surface area contributed by atoms with Crippen molar-refractivity contribution in [2.45, 2.75) is 32.4 Å².